The maximum atomic E-state index is 11.8. The molecule has 1 aliphatic carbocycles. The number of carbonyl (C=O) groups is 1. The van der Waals surface area contributed by atoms with Crippen molar-refractivity contribution in [2.75, 3.05) is 5.32 Å². The Morgan fingerprint density at radius 2 is 2.05 bits per heavy atom. The van der Waals surface area contributed by atoms with Crippen LogP contribution in [0, 0.1) is 0 Å². The molecule has 4 nitrogen and oxygen atoms in total. The zero-order chi connectivity index (χ0) is 15.4. The van der Waals surface area contributed by atoms with Gasteiger partial charge in [-0.2, -0.15) is 0 Å². The molecule has 1 aliphatic rings. The van der Waals surface area contributed by atoms with Crippen molar-refractivity contribution in [2.24, 2.45) is 0 Å². The van der Waals surface area contributed by atoms with Crippen molar-refractivity contribution < 1.29 is 14.6 Å². The molecular weight excluding hydrogens is 278 g/mol. The quantitative estimate of drug-likeness (QED) is 0.905. The van der Waals surface area contributed by atoms with Gasteiger partial charge in [-0.3, -0.25) is 5.32 Å². The lowest BCUT2D eigenvalue weighted by atomic mass is 9.89. The fourth-order valence-electron chi connectivity index (χ4n) is 2.74. The van der Waals surface area contributed by atoms with Gasteiger partial charge in [0, 0.05) is 5.69 Å². The molecule has 0 aliphatic heterocycles. The van der Waals surface area contributed by atoms with Gasteiger partial charge >= 0.3 is 6.09 Å². The number of ether oxygens (including phenoxy) is 1. The van der Waals surface area contributed by atoms with Crippen molar-refractivity contribution in [3.8, 4) is 0 Å². The van der Waals surface area contributed by atoms with Gasteiger partial charge in [0.25, 0.3) is 0 Å². The molecule has 2 aromatic rings. The second-order valence-electron chi connectivity index (χ2n) is 5.51. The van der Waals surface area contributed by atoms with Crippen LogP contribution in [-0.4, -0.2) is 11.2 Å². The Hall–Kier alpha value is -2.33. The predicted molar refractivity (Wildman–Crippen MR) is 84.6 cm³/mol. The number of aryl methyl sites for hydroxylation is 1. The van der Waals surface area contributed by atoms with E-state index in [1.165, 1.54) is 0 Å². The van der Waals surface area contributed by atoms with E-state index in [9.17, 15) is 9.90 Å². The summed E-state index contributed by atoms with van der Waals surface area (Å²) in [6.07, 6.45) is 1.85. The van der Waals surface area contributed by atoms with Crippen LogP contribution in [0.3, 0.4) is 0 Å². The molecule has 2 aromatic carbocycles. The summed E-state index contributed by atoms with van der Waals surface area (Å²) in [5, 5.41) is 12.7. The van der Waals surface area contributed by atoms with Crippen molar-refractivity contribution in [3.63, 3.8) is 0 Å². The van der Waals surface area contributed by atoms with E-state index in [2.05, 4.69) is 5.32 Å². The van der Waals surface area contributed by atoms with E-state index in [0.29, 0.717) is 5.69 Å². The number of aliphatic hydroxyl groups is 1. The van der Waals surface area contributed by atoms with Gasteiger partial charge in [-0.15, -0.1) is 0 Å². The second-order valence-corrected chi connectivity index (χ2v) is 5.51. The molecule has 1 amide bonds. The summed E-state index contributed by atoms with van der Waals surface area (Å²) >= 11 is 0. The highest BCUT2D eigenvalue weighted by molar-refractivity contribution is 5.84. The fourth-order valence-corrected chi connectivity index (χ4v) is 2.74. The van der Waals surface area contributed by atoms with Gasteiger partial charge in [-0.25, -0.2) is 4.79 Å². The van der Waals surface area contributed by atoms with Crippen LogP contribution in [0.2, 0.25) is 0 Å². The number of aliphatic hydroxyl groups excluding tert-OH is 1. The number of rotatable bonds is 3. The average molecular weight is 297 g/mol. The number of anilines is 1. The van der Waals surface area contributed by atoms with Crippen LogP contribution in [0.15, 0.2) is 48.5 Å². The van der Waals surface area contributed by atoms with E-state index < -0.39 is 6.09 Å². The number of nitrogens with one attached hydrogen (secondary N) is 1. The molecule has 114 valence electrons. The third-order valence-corrected chi connectivity index (χ3v) is 3.88. The first-order valence-electron chi connectivity index (χ1n) is 7.51. The zero-order valence-corrected chi connectivity index (χ0v) is 12.3. The minimum absolute atomic E-state index is 0.246. The number of carbonyl (C=O) groups excluding carboxylic acids is 1. The normalized spacial score (nSPS) is 16.7. The third kappa shape index (κ3) is 3.46. The Bertz CT molecular complexity index is 655. The first kappa shape index (κ1) is 14.6. The SMILES string of the molecule is O=C(Nc1ccc2c(c1)CCCC2O)OCc1ccccc1. The predicted octanol–water partition coefficient (Wildman–Crippen LogP) is 3.81. The Balaban J connectivity index is 1.60. The molecule has 0 saturated carbocycles. The number of hydrogen-bond acceptors (Lipinski definition) is 3. The lowest BCUT2D eigenvalue weighted by molar-refractivity contribution is 0.155. The Morgan fingerprint density at radius 3 is 2.86 bits per heavy atom. The summed E-state index contributed by atoms with van der Waals surface area (Å²) in [7, 11) is 0. The van der Waals surface area contributed by atoms with Crippen molar-refractivity contribution in [2.45, 2.75) is 32.0 Å². The van der Waals surface area contributed by atoms with Crippen LogP contribution >= 0.6 is 0 Å². The number of amides is 1. The van der Waals surface area contributed by atoms with E-state index >= 15 is 0 Å². The molecule has 4 heteroatoms. The van der Waals surface area contributed by atoms with Gasteiger partial charge in [0.2, 0.25) is 0 Å². The van der Waals surface area contributed by atoms with E-state index in [-0.39, 0.29) is 12.7 Å². The molecule has 0 bridgehead atoms. The highest BCUT2D eigenvalue weighted by Gasteiger charge is 2.18. The fraction of sp³-hybridized carbons (Fsp3) is 0.278. The van der Waals surface area contributed by atoms with E-state index in [1.54, 1.807) is 6.07 Å². The van der Waals surface area contributed by atoms with E-state index in [0.717, 1.165) is 36.0 Å². The molecule has 3 rings (SSSR count). The molecular formula is C18H19NO3. The monoisotopic (exact) mass is 297 g/mol. The van der Waals surface area contributed by atoms with Crippen LogP contribution in [0.5, 0.6) is 0 Å². The Labute approximate surface area is 129 Å². The van der Waals surface area contributed by atoms with Crippen LogP contribution in [0.1, 0.15) is 35.6 Å². The second kappa shape index (κ2) is 6.62. The van der Waals surface area contributed by atoms with Crippen LogP contribution in [0.25, 0.3) is 0 Å². The van der Waals surface area contributed by atoms with Crippen molar-refractivity contribution in [3.05, 3.63) is 65.2 Å². The molecule has 0 radical (unpaired) electrons. The lowest BCUT2D eigenvalue weighted by Gasteiger charge is -2.21. The van der Waals surface area contributed by atoms with Gasteiger partial charge in [0.1, 0.15) is 6.61 Å². The summed E-state index contributed by atoms with van der Waals surface area (Å²) < 4.78 is 5.20. The van der Waals surface area contributed by atoms with Gasteiger partial charge in [0.05, 0.1) is 6.10 Å². The molecule has 0 fully saturated rings. The highest BCUT2D eigenvalue weighted by Crippen LogP contribution is 2.31. The minimum Gasteiger partial charge on any atom is -0.444 e. The largest absolute Gasteiger partial charge is 0.444 e. The Morgan fingerprint density at radius 1 is 1.23 bits per heavy atom. The number of fused-ring (bicyclic) bond motifs is 1. The first-order chi connectivity index (χ1) is 10.7. The molecule has 0 aromatic heterocycles. The Kier molecular flexibility index (Phi) is 4.39. The van der Waals surface area contributed by atoms with Gasteiger partial charge < -0.3 is 9.84 Å². The summed E-state index contributed by atoms with van der Waals surface area (Å²) in [4.78, 5) is 11.8. The molecule has 2 N–H and O–H groups in total. The third-order valence-electron chi connectivity index (χ3n) is 3.88. The van der Waals surface area contributed by atoms with Crippen molar-refractivity contribution in [1.82, 2.24) is 0 Å². The topological polar surface area (TPSA) is 58.6 Å². The summed E-state index contributed by atoms with van der Waals surface area (Å²) in [6, 6.07) is 15.2. The lowest BCUT2D eigenvalue weighted by Crippen LogP contribution is -2.15. The van der Waals surface area contributed by atoms with Gasteiger partial charge in [-0.05, 0) is 48.1 Å². The molecule has 0 spiro atoms. The van der Waals surface area contributed by atoms with E-state index in [4.69, 9.17) is 4.74 Å². The number of benzene rings is 2. The van der Waals surface area contributed by atoms with Crippen molar-refractivity contribution >= 4 is 11.8 Å². The van der Waals surface area contributed by atoms with Crippen LogP contribution in [0.4, 0.5) is 10.5 Å². The van der Waals surface area contributed by atoms with Crippen LogP contribution < -0.4 is 5.32 Å². The molecule has 0 heterocycles. The molecule has 0 saturated heterocycles. The molecule has 1 atom stereocenters. The van der Waals surface area contributed by atoms with Gasteiger partial charge in [0.15, 0.2) is 0 Å². The maximum Gasteiger partial charge on any atom is 0.411 e. The average Bonchev–Trinajstić information content (AvgIpc) is 2.54. The van der Waals surface area contributed by atoms with Crippen molar-refractivity contribution in [1.29, 1.82) is 0 Å². The van der Waals surface area contributed by atoms with E-state index in [1.807, 2.05) is 42.5 Å². The summed E-state index contributed by atoms with van der Waals surface area (Å²) in [5.41, 5.74) is 3.71. The van der Waals surface area contributed by atoms with Gasteiger partial charge in [-0.1, -0.05) is 36.4 Å². The minimum atomic E-state index is -0.472. The summed E-state index contributed by atoms with van der Waals surface area (Å²) in [6.45, 7) is 0.246. The molecule has 22 heavy (non-hydrogen) atoms. The van der Waals surface area contributed by atoms with Crippen LogP contribution in [-0.2, 0) is 17.8 Å². The first-order valence-corrected chi connectivity index (χ1v) is 7.51. The number of hydrogen-bond donors (Lipinski definition) is 2. The summed E-state index contributed by atoms with van der Waals surface area (Å²) in [5.74, 6) is 0. The molecule has 1 unspecified atom stereocenters. The smallest absolute Gasteiger partial charge is 0.411 e. The maximum absolute atomic E-state index is 11.8. The zero-order valence-electron chi connectivity index (χ0n) is 12.3. The highest BCUT2D eigenvalue weighted by atomic mass is 16.5. The standard InChI is InChI=1S/C18H19NO3/c20-17-8-4-7-14-11-15(9-10-16(14)17)19-18(21)22-12-13-5-2-1-3-6-13/h1-3,5-6,9-11,17,20H,4,7-8,12H2,(H,19,21).